The van der Waals surface area contributed by atoms with Gasteiger partial charge in [-0.2, -0.15) is 31.9 Å². The molecule has 41 heavy (non-hydrogen) atoms. The number of hydrazine groups is 2. The van der Waals surface area contributed by atoms with Gasteiger partial charge in [-0.05, 0) is 47.0 Å². The molecule has 0 saturated carbocycles. The van der Waals surface area contributed by atoms with Gasteiger partial charge in [0.15, 0.2) is 5.78 Å². The summed E-state index contributed by atoms with van der Waals surface area (Å²) in [5, 5.41) is 1.79. The van der Waals surface area contributed by atoms with Gasteiger partial charge in [0.25, 0.3) is 0 Å². The highest BCUT2D eigenvalue weighted by Crippen LogP contribution is 2.41. The zero-order valence-electron chi connectivity index (χ0n) is 21.1. The van der Waals surface area contributed by atoms with Crippen molar-refractivity contribution in [1.82, 2.24) is 16.0 Å². The maximum absolute atomic E-state index is 13.6. The third kappa shape index (κ3) is 6.15. The molecule has 0 aromatic heterocycles. The molecule has 1 heterocycles. The lowest BCUT2D eigenvalue weighted by molar-refractivity contribution is -0.143. The van der Waals surface area contributed by atoms with Crippen molar-refractivity contribution in [2.75, 3.05) is 0 Å². The third-order valence-corrected chi connectivity index (χ3v) is 7.15. The first-order valence-corrected chi connectivity index (χ1v) is 12.8. The average Bonchev–Trinajstić information content (AvgIpc) is 3.35. The van der Waals surface area contributed by atoms with E-state index in [1.807, 2.05) is 0 Å². The lowest BCUT2D eigenvalue weighted by Crippen LogP contribution is -2.36. The largest absolute Gasteiger partial charge is 0.416 e. The molecule has 1 aliphatic heterocycles. The SMILES string of the molecule is O=C(c1ccccc1Cl)c1ccccc1C1NNN(Cc2cc(C(F)(F)F)cc(C(F)(F)F)c2)C1c1ccccc1. The topological polar surface area (TPSA) is 44.4 Å². The Balaban J connectivity index is 1.56. The van der Waals surface area contributed by atoms with Gasteiger partial charge in [0.05, 0.1) is 28.2 Å². The van der Waals surface area contributed by atoms with Crippen molar-refractivity contribution in [1.29, 1.82) is 0 Å². The molecule has 4 nitrogen and oxygen atoms in total. The van der Waals surface area contributed by atoms with Crippen LogP contribution in [0, 0.1) is 0 Å². The van der Waals surface area contributed by atoms with Crippen molar-refractivity contribution in [3.63, 3.8) is 0 Å². The monoisotopic (exact) mass is 589 g/mol. The molecule has 0 spiro atoms. The lowest BCUT2D eigenvalue weighted by Gasteiger charge is -2.28. The molecule has 5 rings (SSSR count). The van der Waals surface area contributed by atoms with Crippen LogP contribution >= 0.6 is 11.6 Å². The molecular formula is C30H22ClF6N3O. The van der Waals surface area contributed by atoms with Crippen molar-refractivity contribution in [3.8, 4) is 0 Å². The Morgan fingerprint density at radius 1 is 0.756 bits per heavy atom. The number of carbonyl (C=O) groups is 1. The minimum atomic E-state index is -4.97. The summed E-state index contributed by atoms with van der Waals surface area (Å²) >= 11 is 6.29. The summed E-state index contributed by atoms with van der Waals surface area (Å²) in [6, 6.07) is 22.6. The highest BCUT2D eigenvalue weighted by molar-refractivity contribution is 6.35. The summed E-state index contributed by atoms with van der Waals surface area (Å²) in [5.41, 5.74) is 4.97. The van der Waals surface area contributed by atoms with E-state index < -0.39 is 35.6 Å². The summed E-state index contributed by atoms with van der Waals surface area (Å²) in [4.78, 5) is 13.6. The quantitative estimate of drug-likeness (QED) is 0.177. The van der Waals surface area contributed by atoms with E-state index in [4.69, 9.17) is 11.6 Å². The minimum Gasteiger partial charge on any atom is -0.289 e. The molecule has 212 valence electrons. The highest BCUT2D eigenvalue weighted by Gasteiger charge is 2.40. The summed E-state index contributed by atoms with van der Waals surface area (Å²) in [6.07, 6.45) is -9.93. The Bertz CT molecular complexity index is 1530. The first kappa shape index (κ1) is 28.8. The molecule has 1 saturated heterocycles. The van der Waals surface area contributed by atoms with Gasteiger partial charge in [-0.1, -0.05) is 78.3 Å². The standard InChI is InChI=1S/C30H22ClF6N3O/c31-25-13-7-6-12-24(25)28(41)23-11-5-4-10-22(23)26-27(19-8-2-1-3-9-19)40(39-38-26)17-18-14-20(29(32,33)34)16-21(15-18)30(35,36)37/h1-16,26-27,38-39H,17H2. The highest BCUT2D eigenvalue weighted by atomic mass is 35.5. The molecule has 0 aliphatic carbocycles. The molecule has 4 aromatic carbocycles. The van der Waals surface area contributed by atoms with Crippen LogP contribution in [-0.2, 0) is 18.9 Å². The van der Waals surface area contributed by atoms with Crippen LogP contribution in [-0.4, -0.2) is 10.8 Å². The van der Waals surface area contributed by atoms with Crippen molar-refractivity contribution in [2.24, 2.45) is 0 Å². The fourth-order valence-corrected chi connectivity index (χ4v) is 5.18. The summed E-state index contributed by atoms with van der Waals surface area (Å²) in [7, 11) is 0. The van der Waals surface area contributed by atoms with E-state index >= 15 is 0 Å². The zero-order chi connectivity index (χ0) is 29.4. The number of ketones is 1. The summed E-state index contributed by atoms with van der Waals surface area (Å²) in [5.74, 6) is -0.328. The summed E-state index contributed by atoms with van der Waals surface area (Å²) in [6.45, 7) is -0.309. The zero-order valence-corrected chi connectivity index (χ0v) is 21.9. The Hall–Kier alpha value is -3.70. The third-order valence-electron chi connectivity index (χ3n) is 6.82. The van der Waals surface area contributed by atoms with Gasteiger partial charge < -0.3 is 0 Å². The van der Waals surface area contributed by atoms with E-state index in [0.717, 1.165) is 5.56 Å². The fourth-order valence-electron chi connectivity index (χ4n) is 4.96. The number of halogens is 7. The smallest absolute Gasteiger partial charge is 0.289 e. The molecule has 11 heteroatoms. The van der Waals surface area contributed by atoms with E-state index in [0.29, 0.717) is 28.8 Å². The normalized spacial score (nSPS) is 18.0. The molecule has 1 fully saturated rings. The van der Waals surface area contributed by atoms with Crippen LogP contribution in [0.25, 0.3) is 0 Å². The Labute approximate surface area is 236 Å². The number of nitrogens with zero attached hydrogens (tertiary/aromatic N) is 1. The van der Waals surface area contributed by atoms with Gasteiger partial charge in [0.2, 0.25) is 0 Å². The maximum atomic E-state index is 13.6. The number of hydrogen-bond acceptors (Lipinski definition) is 4. The molecule has 2 unspecified atom stereocenters. The van der Waals surface area contributed by atoms with Crippen LogP contribution in [0.5, 0.6) is 0 Å². The van der Waals surface area contributed by atoms with Gasteiger partial charge in [-0.15, -0.1) is 0 Å². The number of alkyl halides is 6. The number of nitrogens with one attached hydrogen (secondary N) is 2. The van der Waals surface area contributed by atoms with Gasteiger partial charge in [0.1, 0.15) is 0 Å². The molecule has 4 aromatic rings. The molecular weight excluding hydrogens is 568 g/mol. The van der Waals surface area contributed by atoms with Crippen LogP contribution in [0.1, 0.15) is 55.8 Å². The van der Waals surface area contributed by atoms with Crippen LogP contribution in [0.15, 0.2) is 97.1 Å². The van der Waals surface area contributed by atoms with Crippen LogP contribution in [0.2, 0.25) is 5.02 Å². The summed E-state index contributed by atoms with van der Waals surface area (Å²) < 4.78 is 81.1. The molecule has 0 amide bonds. The second-order valence-electron chi connectivity index (χ2n) is 9.53. The molecule has 0 radical (unpaired) electrons. The number of carbonyl (C=O) groups excluding carboxylic acids is 1. The van der Waals surface area contributed by atoms with E-state index in [-0.39, 0.29) is 29.0 Å². The van der Waals surface area contributed by atoms with Crippen molar-refractivity contribution in [3.05, 3.63) is 141 Å². The molecule has 2 N–H and O–H groups in total. The first-order chi connectivity index (χ1) is 19.4. The minimum absolute atomic E-state index is 0.104. The predicted octanol–water partition coefficient (Wildman–Crippen LogP) is 7.92. The number of benzene rings is 4. The Morgan fingerprint density at radius 3 is 1.93 bits per heavy atom. The van der Waals surface area contributed by atoms with Gasteiger partial charge in [-0.3, -0.25) is 4.79 Å². The van der Waals surface area contributed by atoms with Crippen LogP contribution in [0.4, 0.5) is 26.3 Å². The van der Waals surface area contributed by atoms with E-state index in [9.17, 15) is 31.1 Å². The van der Waals surface area contributed by atoms with Gasteiger partial charge in [-0.25, -0.2) is 10.4 Å². The van der Waals surface area contributed by atoms with Gasteiger partial charge >= 0.3 is 12.4 Å². The van der Waals surface area contributed by atoms with E-state index in [2.05, 4.69) is 11.0 Å². The molecule has 1 aliphatic rings. The van der Waals surface area contributed by atoms with Crippen molar-refractivity contribution >= 4 is 17.4 Å². The fraction of sp³-hybridized carbons (Fsp3) is 0.167. The molecule has 2 atom stereocenters. The lowest BCUT2D eigenvalue weighted by atomic mass is 9.88. The van der Waals surface area contributed by atoms with Crippen LogP contribution < -0.4 is 11.0 Å². The number of hydrogen-bond donors (Lipinski definition) is 2. The second kappa shape index (κ2) is 11.3. The second-order valence-corrected chi connectivity index (χ2v) is 9.93. The number of rotatable bonds is 6. The first-order valence-electron chi connectivity index (χ1n) is 12.4. The average molecular weight is 590 g/mol. The van der Waals surface area contributed by atoms with Gasteiger partial charge in [0, 0.05) is 17.7 Å². The van der Waals surface area contributed by atoms with E-state index in [1.54, 1.807) is 78.9 Å². The van der Waals surface area contributed by atoms with Crippen LogP contribution in [0.3, 0.4) is 0 Å². The van der Waals surface area contributed by atoms with Crippen molar-refractivity contribution in [2.45, 2.75) is 31.0 Å². The predicted molar refractivity (Wildman–Crippen MR) is 142 cm³/mol. The van der Waals surface area contributed by atoms with E-state index in [1.165, 1.54) is 5.01 Å². The maximum Gasteiger partial charge on any atom is 0.416 e. The molecule has 0 bridgehead atoms. The Kier molecular flexibility index (Phi) is 7.93. The Morgan fingerprint density at radius 2 is 1.32 bits per heavy atom. The van der Waals surface area contributed by atoms with Crippen molar-refractivity contribution < 1.29 is 31.1 Å².